The molecule has 0 spiro atoms. The number of hydrogen-bond acceptors (Lipinski definition) is 3. The van der Waals surface area contributed by atoms with Crippen LogP contribution in [0.5, 0.6) is 0 Å². The van der Waals surface area contributed by atoms with Crippen molar-refractivity contribution in [2.45, 2.75) is 24.3 Å². The molecule has 7 heteroatoms. The quantitative estimate of drug-likeness (QED) is 0.821. The molecule has 1 aliphatic heterocycles. The van der Waals surface area contributed by atoms with Crippen molar-refractivity contribution in [1.82, 2.24) is 10.0 Å². The molecule has 100 valence electrons. The van der Waals surface area contributed by atoms with Crippen LogP contribution in [0.25, 0.3) is 0 Å². The third kappa shape index (κ3) is 3.14. The molecule has 1 atom stereocenters. The molecule has 1 saturated heterocycles. The van der Waals surface area contributed by atoms with Crippen LogP contribution in [0.1, 0.15) is 12.0 Å². The van der Waals surface area contributed by atoms with Gasteiger partial charge in [-0.15, -0.1) is 0 Å². The standard InChI is InChI=1S/C11H14Br2N2O2S/c1-7-4-10(13)11(5-9(7)12)18(16,17)15-8-2-3-14-6-8/h4-5,8,14-15H,2-3,6H2,1H3/t8-/m0/s1. The van der Waals surface area contributed by atoms with Crippen LogP contribution in [0.4, 0.5) is 0 Å². The Bertz CT molecular complexity index is 554. The maximum Gasteiger partial charge on any atom is 0.242 e. The minimum absolute atomic E-state index is 0.0259. The molecule has 0 aromatic heterocycles. The monoisotopic (exact) mass is 396 g/mol. The van der Waals surface area contributed by atoms with E-state index in [4.69, 9.17) is 0 Å². The number of aryl methyl sites for hydroxylation is 1. The largest absolute Gasteiger partial charge is 0.315 e. The van der Waals surface area contributed by atoms with Gasteiger partial charge in [-0.05, 0) is 53.5 Å². The van der Waals surface area contributed by atoms with E-state index >= 15 is 0 Å². The van der Waals surface area contributed by atoms with Crippen molar-refractivity contribution >= 4 is 41.9 Å². The molecule has 18 heavy (non-hydrogen) atoms. The lowest BCUT2D eigenvalue weighted by molar-refractivity contribution is 0.559. The van der Waals surface area contributed by atoms with Crippen LogP contribution in [0.15, 0.2) is 26.0 Å². The van der Waals surface area contributed by atoms with E-state index in [0.29, 0.717) is 11.0 Å². The Balaban J connectivity index is 2.31. The van der Waals surface area contributed by atoms with Crippen LogP contribution in [0.2, 0.25) is 0 Å². The number of halogens is 2. The first kappa shape index (κ1) is 14.5. The van der Waals surface area contributed by atoms with Crippen molar-refractivity contribution in [3.63, 3.8) is 0 Å². The predicted molar refractivity (Wildman–Crippen MR) is 78.2 cm³/mol. The van der Waals surface area contributed by atoms with Gasteiger partial charge in [0.25, 0.3) is 0 Å². The number of hydrogen-bond donors (Lipinski definition) is 2. The first-order chi connectivity index (χ1) is 8.40. The van der Waals surface area contributed by atoms with Crippen molar-refractivity contribution in [3.05, 3.63) is 26.6 Å². The smallest absolute Gasteiger partial charge is 0.242 e. The van der Waals surface area contributed by atoms with Crippen LogP contribution < -0.4 is 10.0 Å². The van der Waals surface area contributed by atoms with Gasteiger partial charge < -0.3 is 5.32 Å². The van der Waals surface area contributed by atoms with Gasteiger partial charge in [0.1, 0.15) is 0 Å². The fraction of sp³-hybridized carbons (Fsp3) is 0.455. The molecule has 1 aromatic carbocycles. The summed E-state index contributed by atoms with van der Waals surface area (Å²) in [6.45, 7) is 3.45. The summed E-state index contributed by atoms with van der Waals surface area (Å²) in [5, 5.41) is 3.13. The molecule has 1 aliphatic rings. The molecule has 1 heterocycles. The summed E-state index contributed by atoms with van der Waals surface area (Å²) in [7, 11) is -3.48. The van der Waals surface area contributed by atoms with Gasteiger partial charge in [-0.1, -0.05) is 15.9 Å². The average molecular weight is 398 g/mol. The molecule has 4 nitrogen and oxygen atoms in total. The van der Waals surface area contributed by atoms with Crippen LogP contribution in [-0.2, 0) is 10.0 Å². The van der Waals surface area contributed by atoms with E-state index in [-0.39, 0.29) is 10.9 Å². The summed E-state index contributed by atoms with van der Waals surface area (Å²) in [6, 6.07) is 3.40. The van der Waals surface area contributed by atoms with Gasteiger partial charge >= 0.3 is 0 Å². The van der Waals surface area contributed by atoms with Gasteiger partial charge in [-0.2, -0.15) is 0 Å². The summed E-state index contributed by atoms with van der Waals surface area (Å²) < 4.78 is 28.7. The molecule has 0 saturated carbocycles. The Kier molecular flexibility index (Phi) is 4.48. The van der Waals surface area contributed by atoms with Crippen LogP contribution in [0.3, 0.4) is 0 Å². The summed E-state index contributed by atoms with van der Waals surface area (Å²) in [6.07, 6.45) is 0.823. The lowest BCUT2D eigenvalue weighted by Crippen LogP contribution is -2.36. The van der Waals surface area contributed by atoms with Gasteiger partial charge in [0.2, 0.25) is 10.0 Å². The molecule has 0 bridgehead atoms. The number of rotatable bonds is 3. The third-order valence-electron chi connectivity index (χ3n) is 2.88. The fourth-order valence-electron chi connectivity index (χ4n) is 1.87. The van der Waals surface area contributed by atoms with Gasteiger partial charge in [0, 0.05) is 21.5 Å². The second-order valence-electron chi connectivity index (χ2n) is 4.34. The highest BCUT2D eigenvalue weighted by atomic mass is 79.9. The summed E-state index contributed by atoms with van der Waals surface area (Å²) >= 11 is 6.67. The van der Waals surface area contributed by atoms with E-state index in [0.717, 1.165) is 23.0 Å². The van der Waals surface area contributed by atoms with Crippen LogP contribution >= 0.6 is 31.9 Å². The first-order valence-electron chi connectivity index (χ1n) is 5.59. The summed E-state index contributed by atoms with van der Waals surface area (Å²) in [4.78, 5) is 0.270. The Morgan fingerprint density at radius 2 is 2.06 bits per heavy atom. The highest BCUT2D eigenvalue weighted by Gasteiger charge is 2.24. The van der Waals surface area contributed by atoms with E-state index in [1.54, 1.807) is 12.1 Å². The van der Waals surface area contributed by atoms with Crippen LogP contribution in [0, 0.1) is 6.92 Å². The third-order valence-corrected chi connectivity index (χ3v) is 6.22. The summed E-state index contributed by atoms with van der Waals surface area (Å²) in [5.74, 6) is 0. The van der Waals surface area contributed by atoms with Gasteiger partial charge in [0.15, 0.2) is 0 Å². The molecule has 2 rings (SSSR count). The molecule has 0 unspecified atom stereocenters. The van der Waals surface area contributed by atoms with Crippen molar-refractivity contribution in [2.75, 3.05) is 13.1 Å². The maximum absolute atomic E-state index is 12.3. The highest BCUT2D eigenvalue weighted by Crippen LogP contribution is 2.29. The second kappa shape index (κ2) is 5.58. The molecular weight excluding hydrogens is 384 g/mol. The fourth-order valence-corrected chi connectivity index (χ4v) is 4.82. The molecule has 0 aliphatic carbocycles. The Morgan fingerprint density at radius 3 is 2.67 bits per heavy atom. The van der Waals surface area contributed by atoms with E-state index in [2.05, 4.69) is 41.9 Å². The van der Waals surface area contributed by atoms with Gasteiger partial charge in [-0.25, -0.2) is 13.1 Å². The minimum atomic E-state index is -3.48. The maximum atomic E-state index is 12.3. The molecule has 2 N–H and O–H groups in total. The van der Waals surface area contributed by atoms with E-state index in [1.165, 1.54) is 0 Å². The Morgan fingerprint density at radius 1 is 1.33 bits per heavy atom. The Hall–Kier alpha value is 0.0500. The number of nitrogens with one attached hydrogen (secondary N) is 2. The lowest BCUT2D eigenvalue weighted by atomic mass is 10.2. The van der Waals surface area contributed by atoms with Gasteiger partial charge in [0.05, 0.1) is 4.90 Å². The highest BCUT2D eigenvalue weighted by molar-refractivity contribution is 9.11. The SMILES string of the molecule is Cc1cc(Br)c(S(=O)(=O)N[C@H]2CCNC2)cc1Br. The van der Waals surface area contributed by atoms with Crippen molar-refractivity contribution < 1.29 is 8.42 Å². The average Bonchev–Trinajstić information content (AvgIpc) is 2.75. The first-order valence-corrected chi connectivity index (χ1v) is 8.66. The zero-order chi connectivity index (χ0) is 13.3. The zero-order valence-electron chi connectivity index (χ0n) is 9.83. The summed E-state index contributed by atoms with van der Waals surface area (Å²) in [5.41, 5.74) is 0.989. The normalized spacial score (nSPS) is 20.3. The van der Waals surface area contributed by atoms with E-state index < -0.39 is 10.0 Å². The van der Waals surface area contributed by atoms with E-state index in [1.807, 2.05) is 6.92 Å². The molecule has 1 fully saturated rings. The van der Waals surface area contributed by atoms with Crippen molar-refractivity contribution in [3.8, 4) is 0 Å². The molecular formula is C11H14Br2N2O2S. The van der Waals surface area contributed by atoms with Crippen LogP contribution in [-0.4, -0.2) is 27.5 Å². The zero-order valence-corrected chi connectivity index (χ0v) is 13.8. The lowest BCUT2D eigenvalue weighted by Gasteiger charge is -2.14. The predicted octanol–water partition coefficient (Wildman–Crippen LogP) is 2.16. The molecule has 0 radical (unpaired) electrons. The molecule has 0 amide bonds. The second-order valence-corrected chi connectivity index (χ2v) is 7.73. The topological polar surface area (TPSA) is 58.2 Å². The minimum Gasteiger partial charge on any atom is -0.315 e. The number of sulfonamides is 1. The van der Waals surface area contributed by atoms with E-state index in [9.17, 15) is 8.42 Å². The Labute approximate surface area is 124 Å². The van der Waals surface area contributed by atoms with Gasteiger partial charge in [-0.3, -0.25) is 0 Å². The molecule has 1 aromatic rings. The van der Waals surface area contributed by atoms with Crippen molar-refractivity contribution in [1.29, 1.82) is 0 Å². The van der Waals surface area contributed by atoms with Crippen molar-refractivity contribution in [2.24, 2.45) is 0 Å². The number of benzene rings is 1.